The summed E-state index contributed by atoms with van der Waals surface area (Å²) in [7, 11) is 0. The highest BCUT2D eigenvalue weighted by Crippen LogP contribution is 2.21. The van der Waals surface area contributed by atoms with Crippen molar-refractivity contribution >= 4 is 5.96 Å². The van der Waals surface area contributed by atoms with Gasteiger partial charge in [0.05, 0.1) is 25.9 Å². The molecule has 0 bridgehead atoms. The quantitative estimate of drug-likeness (QED) is 0.421. The standard InChI is InChI=1S/C22H35N3O3/c1-3-12-26-17-19-9-6-5-8-18(19)15-24-22(23-4-2)25-11-14-28-21(16-25)20-10-7-13-27-20/h5-6,8-9,20-21H,3-4,7,10-17H2,1-2H3,(H,23,24). The lowest BCUT2D eigenvalue weighted by Crippen LogP contribution is -2.53. The number of morpholine rings is 1. The van der Waals surface area contributed by atoms with Gasteiger partial charge in [0.2, 0.25) is 0 Å². The van der Waals surface area contributed by atoms with E-state index in [-0.39, 0.29) is 12.2 Å². The molecule has 0 saturated carbocycles. The molecule has 3 rings (SSSR count). The van der Waals surface area contributed by atoms with Crippen molar-refractivity contribution in [1.82, 2.24) is 10.2 Å². The molecule has 2 heterocycles. The second-order valence-electron chi connectivity index (χ2n) is 7.40. The normalized spacial score (nSPS) is 23.2. The maximum Gasteiger partial charge on any atom is 0.194 e. The van der Waals surface area contributed by atoms with Crippen LogP contribution in [-0.4, -0.2) is 62.5 Å². The maximum atomic E-state index is 5.99. The molecular formula is C22H35N3O3. The molecule has 2 aliphatic heterocycles. The molecule has 1 N–H and O–H groups in total. The van der Waals surface area contributed by atoms with Crippen LogP contribution in [0.5, 0.6) is 0 Å². The molecule has 0 aromatic heterocycles. The summed E-state index contributed by atoms with van der Waals surface area (Å²) in [6.07, 6.45) is 3.62. The maximum absolute atomic E-state index is 5.99. The number of hydrogen-bond donors (Lipinski definition) is 1. The zero-order valence-corrected chi connectivity index (χ0v) is 17.4. The van der Waals surface area contributed by atoms with Gasteiger partial charge in [-0.1, -0.05) is 31.2 Å². The van der Waals surface area contributed by atoms with Crippen molar-refractivity contribution in [3.8, 4) is 0 Å². The van der Waals surface area contributed by atoms with Gasteiger partial charge in [-0.3, -0.25) is 0 Å². The number of rotatable bonds is 8. The Labute approximate surface area is 169 Å². The van der Waals surface area contributed by atoms with Crippen molar-refractivity contribution in [3.63, 3.8) is 0 Å². The third kappa shape index (κ3) is 5.93. The van der Waals surface area contributed by atoms with Crippen LogP contribution in [0.3, 0.4) is 0 Å². The fraction of sp³-hybridized carbons (Fsp3) is 0.682. The minimum absolute atomic E-state index is 0.134. The Morgan fingerprint density at radius 1 is 1.18 bits per heavy atom. The molecule has 6 heteroatoms. The number of ether oxygens (including phenoxy) is 3. The van der Waals surface area contributed by atoms with Gasteiger partial charge < -0.3 is 24.4 Å². The topological polar surface area (TPSA) is 55.3 Å². The van der Waals surface area contributed by atoms with E-state index in [9.17, 15) is 0 Å². The Morgan fingerprint density at radius 3 is 2.75 bits per heavy atom. The van der Waals surface area contributed by atoms with Crippen molar-refractivity contribution in [2.45, 2.75) is 58.5 Å². The minimum atomic E-state index is 0.134. The van der Waals surface area contributed by atoms with Gasteiger partial charge in [-0.15, -0.1) is 0 Å². The van der Waals surface area contributed by atoms with Gasteiger partial charge in [0.1, 0.15) is 6.10 Å². The van der Waals surface area contributed by atoms with E-state index in [1.807, 2.05) is 0 Å². The second kappa shape index (κ2) is 11.4. The van der Waals surface area contributed by atoms with Gasteiger partial charge in [-0.25, -0.2) is 4.99 Å². The van der Waals surface area contributed by atoms with Crippen molar-refractivity contribution in [1.29, 1.82) is 0 Å². The first kappa shape index (κ1) is 21.1. The summed E-state index contributed by atoms with van der Waals surface area (Å²) in [6.45, 7) is 10.4. The summed E-state index contributed by atoms with van der Waals surface area (Å²) >= 11 is 0. The van der Waals surface area contributed by atoms with Gasteiger partial charge >= 0.3 is 0 Å². The summed E-state index contributed by atoms with van der Waals surface area (Å²) in [6, 6.07) is 8.42. The monoisotopic (exact) mass is 389 g/mol. The van der Waals surface area contributed by atoms with Gasteiger partial charge in [0.25, 0.3) is 0 Å². The predicted octanol–water partition coefficient (Wildman–Crippen LogP) is 2.96. The van der Waals surface area contributed by atoms with E-state index in [4.69, 9.17) is 19.2 Å². The molecule has 1 aromatic carbocycles. The van der Waals surface area contributed by atoms with E-state index in [1.54, 1.807) is 0 Å². The fourth-order valence-corrected chi connectivity index (χ4v) is 3.75. The summed E-state index contributed by atoms with van der Waals surface area (Å²) in [5, 5.41) is 3.45. The molecule has 0 radical (unpaired) electrons. The van der Waals surface area contributed by atoms with E-state index in [0.29, 0.717) is 13.2 Å². The third-order valence-corrected chi connectivity index (χ3v) is 5.23. The average Bonchev–Trinajstić information content (AvgIpc) is 3.27. The molecule has 2 aliphatic rings. The highest BCUT2D eigenvalue weighted by molar-refractivity contribution is 5.80. The predicted molar refractivity (Wildman–Crippen MR) is 111 cm³/mol. The van der Waals surface area contributed by atoms with E-state index >= 15 is 0 Å². The lowest BCUT2D eigenvalue weighted by atomic mass is 10.1. The van der Waals surface area contributed by atoms with Crippen LogP contribution in [0.15, 0.2) is 29.3 Å². The van der Waals surface area contributed by atoms with E-state index < -0.39 is 0 Å². The zero-order valence-electron chi connectivity index (χ0n) is 17.4. The summed E-state index contributed by atoms with van der Waals surface area (Å²) in [5.41, 5.74) is 2.44. The van der Waals surface area contributed by atoms with Crippen LogP contribution in [0.1, 0.15) is 44.2 Å². The fourth-order valence-electron chi connectivity index (χ4n) is 3.75. The van der Waals surface area contributed by atoms with E-state index in [2.05, 4.69) is 48.3 Å². The highest BCUT2D eigenvalue weighted by atomic mass is 16.5. The van der Waals surface area contributed by atoms with Crippen LogP contribution in [0.4, 0.5) is 0 Å². The Morgan fingerprint density at radius 2 is 2.00 bits per heavy atom. The van der Waals surface area contributed by atoms with E-state index in [1.165, 1.54) is 11.1 Å². The summed E-state index contributed by atoms with van der Waals surface area (Å²) < 4.78 is 17.6. The summed E-state index contributed by atoms with van der Waals surface area (Å²) in [4.78, 5) is 7.25. The van der Waals surface area contributed by atoms with Crippen LogP contribution in [-0.2, 0) is 27.4 Å². The molecule has 1 aromatic rings. The van der Waals surface area contributed by atoms with Crippen LogP contribution in [0.25, 0.3) is 0 Å². The minimum Gasteiger partial charge on any atom is -0.377 e. The number of hydrogen-bond acceptors (Lipinski definition) is 4. The van der Waals surface area contributed by atoms with Crippen LogP contribution in [0.2, 0.25) is 0 Å². The van der Waals surface area contributed by atoms with Crippen molar-refractivity contribution < 1.29 is 14.2 Å². The third-order valence-electron chi connectivity index (χ3n) is 5.23. The second-order valence-corrected chi connectivity index (χ2v) is 7.40. The van der Waals surface area contributed by atoms with Gasteiger partial charge in [0.15, 0.2) is 5.96 Å². The van der Waals surface area contributed by atoms with Crippen LogP contribution >= 0.6 is 0 Å². The lowest BCUT2D eigenvalue weighted by molar-refractivity contribution is -0.0817. The number of benzene rings is 1. The first-order valence-electron chi connectivity index (χ1n) is 10.7. The molecule has 156 valence electrons. The zero-order chi connectivity index (χ0) is 19.6. The van der Waals surface area contributed by atoms with Gasteiger partial charge in [0, 0.05) is 32.8 Å². The molecule has 2 fully saturated rings. The van der Waals surface area contributed by atoms with Crippen molar-refractivity contribution in [2.75, 3.05) is 39.5 Å². The molecule has 6 nitrogen and oxygen atoms in total. The SMILES string of the molecule is CCCOCc1ccccc1CN=C(NCC)N1CCOC(C2CCCO2)C1. The van der Waals surface area contributed by atoms with Crippen LogP contribution in [0, 0.1) is 0 Å². The first-order valence-corrected chi connectivity index (χ1v) is 10.7. The van der Waals surface area contributed by atoms with Gasteiger partial charge in [-0.05, 0) is 37.3 Å². The molecule has 2 unspecified atom stereocenters. The molecular weight excluding hydrogens is 354 g/mol. The van der Waals surface area contributed by atoms with E-state index in [0.717, 1.165) is 64.7 Å². The molecule has 0 aliphatic carbocycles. The van der Waals surface area contributed by atoms with Gasteiger partial charge in [-0.2, -0.15) is 0 Å². The first-order chi connectivity index (χ1) is 13.8. The number of nitrogens with zero attached hydrogens (tertiary/aromatic N) is 2. The lowest BCUT2D eigenvalue weighted by Gasteiger charge is -2.37. The highest BCUT2D eigenvalue weighted by Gasteiger charge is 2.32. The Hall–Kier alpha value is -1.63. The molecule has 0 amide bonds. The molecule has 0 spiro atoms. The smallest absolute Gasteiger partial charge is 0.194 e. The largest absolute Gasteiger partial charge is 0.377 e. The Bertz CT molecular complexity index is 617. The van der Waals surface area contributed by atoms with Crippen LogP contribution < -0.4 is 5.32 Å². The Kier molecular flexibility index (Phi) is 8.58. The summed E-state index contributed by atoms with van der Waals surface area (Å²) in [5.74, 6) is 0.957. The number of nitrogens with one attached hydrogen (secondary N) is 1. The van der Waals surface area contributed by atoms with Crippen molar-refractivity contribution in [3.05, 3.63) is 35.4 Å². The molecule has 2 saturated heterocycles. The molecule has 2 atom stereocenters. The Balaban J connectivity index is 1.65. The molecule has 28 heavy (non-hydrogen) atoms. The van der Waals surface area contributed by atoms with Crippen molar-refractivity contribution in [2.24, 2.45) is 4.99 Å². The number of guanidine groups is 1. The number of aliphatic imine (C=N–C) groups is 1. The average molecular weight is 390 g/mol.